The van der Waals surface area contributed by atoms with Crippen molar-refractivity contribution in [3.63, 3.8) is 0 Å². The number of fused-ring (bicyclic) bond motifs is 1. The zero-order valence-corrected chi connectivity index (χ0v) is 23.6. The van der Waals surface area contributed by atoms with E-state index in [9.17, 15) is 9.59 Å². The van der Waals surface area contributed by atoms with E-state index in [1.807, 2.05) is 66.7 Å². The molecule has 4 aromatic rings. The van der Waals surface area contributed by atoms with Crippen molar-refractivity contribution in [2.75, 3.05) is 28.6 Å². The van der Waals surface area contributed by atoms with Gasteiger partial charge in [-0.05, 0) is 67.6 Å². The van der Waals surface area contributed by atoms with Crippen molar-refractivity contribution in [2.24, 2.45) is 0 Å². The van der Waals surface area contributed by atoms with Gasteiger partial charge in [0.1, 0.15) is 0 Å². The van der Waals surface area contributed by atoms with Gasteiger partial charge in [-0.15, -0.1) is 0 Å². The highest BCUT2D eigenvalue weighted by molar-refractivity contribution is 6.10. The van der Waals surface area contributed by atoms with Crippen molar-refractivity contribution in [3.8, 4) is 0 Å². The number of Topliss-reactive ketones (excluding diaryl/α,β-unsaturated/α-hetero) is 1. The van der Waals surface area contributed by atoms with Crippen molar-refractivity contribution >= 4 is 28.6 Å². The predicted octanol–water partition coefficient (Wildman–Crippen LogP) is 7.74. The van der Waals surface area contributed by atoms with Gasteiger partial charge in [0.25, 0.3) is 0 Å². The summed E-state index contributed by atoms with van der Waals surface area (Å²) in [5.41, 5.74) is 8.01. The number of ketones is 2. The van der Waals surface area contributed by atoms with E-state index in [2.05, 4.69) is 65.8 Å². The standard InChI is InChI=1S/C36H35N3O2/c1-3-39(4-2)29-18-15-25(16-19-29)35-34-32(22-28(23-33(34)40)24-11-7-5-8-12-24)37-31-21-27(17-20-30(31)38-35)36(41)26-13-9-6-10-14-26/h5-21,28,35,37-38H,3-4,22-23H2,1-2H3. The Balaban J connectivity index is 1.42. The van der Waals surface area contributed by atoms with Gasteiger partial charge in [0.15, 0.2) is 11.6 Å². The zero-order chi connectivity index (χ0) is 28.3. The van der Waals surface area contributed by atoms with E-state index in [0.717, 1.165) is 47.7 Å². The molecule has 2 N–H and O–H groups in total. The van der Waals surface area contributed by atoms with Gasteiger partial charge in [-0.1, -0.05) is 72.8 Å². The van der Waals surface area contributed by atoms with Gasteiger partial charge in [-0.2, -0.15) is 0 Å². The Morgan fingerprint density at radius 2 is 1.44 bits per heavy atom. The lowest BCUT2D eigenvalue weighted by Crippen LogP contribution is -2.27. The van der Waals surface area contributed by atoms with Crippen molar-refractivity contribution < 1.29 is 9.59 Å². The molecule has 1 aliphatic carbocycles. The summed E-state index contributed by atoms with van der Waals surface area (Å²) in [6.45, 7) is 6.19. The minimum absolute atomic E-state index is 0.0286. The van der Waals surface area contributed by atoms with E-state index in [0.29, 0.717) is 17.5 Å². The van der Waals surface area contributed by atoms with E-state index in [1.54, 1.807) is 0 Å². The lowest BCUT2D eigenvalue weighted by Gasteiger charge is -2.30. The molecule has 206 valence electrons. The summed E-state index contributed by atoms with van der Waals surface area (Å²) in [5, 5.41) is 7.30. The van der Waals surface area contributed by atoms with Crippen molar-refractivity contribution in [2.45, 2.75) is 38.6 Å². The van der Waals surface area contributed by atoms with Crippen molar-refractivity contribution in [3.05, 3.63) is 137 Å². The average Bonchev–Trinajstić information content (AvgIpc) is 3.19. The van der Waals surface area contributed by atoms with Crippen LogP contribution in [-0.2, 0) is 4.79 Å². The Morgan fingerprint density at radius 3 is 2.12 bits per heavy atom. The second-order valence-electron chi connectivity index (χ2n) is 10.8. The molecule has 0 radical (unpaired) electrons. The van der Waals surface area contributed by atoms with Crippen LogP contribution in [0, 0.1) is 0 Å². The number of nitrogens with one attached hydrogen (secondary N) is 2. The number of carbonyl (C=O) groups excluding carboxylic acids is 2. The van der Waals surface area contributed by atoms with Crippen LogP contribution in [0.25, 0.3) is 0 Å². The van der Waals surface area contributed by atoms with Crippen LogP contribution in [0.15, 0.2) is 114 Å². The van der Waals surface area contributed by atoms with Crippen LogP contribution in [0.3, 0.4) is 0 Å². The molecule has 5 nitrogen and oxygen atoms in total. The second-order valence-corrected chi connectivity index (χ2v) is 10.8. The molecule has 0 saturated carbocycles. The van der Waals surface area contributed by atoms with E-state index in [4.69, 9.17) is 0 Å². The quantitative estimate of drug-likeness (QED) is 0.234. The molecular formula is C36H35N3O2. The van der Waals surface area contributed by atoms with Crippen LogP contribution >= 0.6 is 0 Å². The summed E-state index contributed by atoms with van der Waals surface area (Å²) in [6.07, 6.45) is 1.19. The molecule has 0 fully saturated rings. The highest BCUT2D eigenvalue weighted by Crippen LogP contribution is 2.44. The third-order valence-corrected chi connectivity index (χ3v) is 8.33. The minimum Gasteiger partial charge on any atom is -0.372 e. The van der Waals surface area contributed by atoms with Gasteiger partial charge in [0, 0.05) is 47.6 Å². The van der Waals surface area contributed by atoms with Crippen molar-refractivity contribution in [1.82, 2.24) is 0 Å². The summed E-state index contributed by atoms with van der Waals surface area (Å²) in [7, 11) is 0. The van der Waals surface area contributed by atoms with Crippen LogP contribution in [0.4, 0.5) is 17.1 Å². The first kappa shape index (κ1) is 26.6. The molecule has 4 aromatic carbocycles. The first-order valence-corrected chi connectivity index (χ1v) is 14.5. The smallest absolute Gasteiger partial charge is 0.193 e. The maximum Gasteiger partial charge on any atom is 0.193 e. The van der Waals surface area contributed by atoms with Crippen LogP contribution in [-0.4, -0.2) is 24.7 Å². The summed E-state index contributed by atoms with van der Waals surface area (Å²) >= 11 is 0. The van der Waals surface area contributed by atoms with E-state index in [-0.39, 0.29) is 23.5 Å². The maximum atomic E-state index is 13.9. The molecule has 2 unspecified atom stereocenters. The van der Waals surface area contributed by atoms with Gasteiger partial charge in [0.2, 0.25) is 0 Å². The summed E-state index contributed by atoms with van der Waals surface area (Å²) in [4.78, 5) is 29.5. The maximum absolute atomic E-state index is 13.9. The number of allylic oxidation sites excluding steroid dienone is 1. The first-order chi connectivity index (χ1) is 20.1. The van der Waals surface area contributed by atoms with Gasteiger partial charge >= 0.3 is 0 Å². The van der Waals surface area contributed by atoms with Crippen LogP contribution in [0.1, 0.15) is 65.7 Å². The molecule has 0 aromatic heterocycles. The summed E-state index contributed by atoms with van der Waals surface area (Å²) in [6, 6.07) is 33.6. The van der Waals surface area contributed by atoms with Crippen LogP contribution in [0.5, 0.6) is 0 Å². The Kier molecular flexibility index (Phi) is 7.43. The van der Waals surface area contributed by atoms with Crippen LogP contribution < -0.4 is 15.5 Å². The zero-order valence-electron chi connectivity index (χ0n) is 23.6. The molecule has 2 aliphatic rings. The van der Waals surface area contributed by atoms with Gasteiger partial charge in [-0.3, -0.25) is 9.59 Å². The van der Waals surface area contributed by atoms with Gasteiger partial charge in [0.05, 0.1) is 17.4 Å². The van der Waals surface area contributed by atoms with Gasteiger partial charge in [-0.25, -0.2) is 0 Å². The fourth-order valence-electron chi connectivity index (χ4n) is 6.12. The van der Waals surface area contributed by atoms with Crippen LogP contribution in [0.2, 0.25) is 0 Å². The Labute approximate surface area is 241 Å². The fraction of sp³-hybridized carbons (Fsp3) is 0.222. The molecule has 0 amide bonds. The molecule has 5 heteroatoms. The van der Waals surface area contributed by atoms with E-state index < -0.39 is 0 Å². The second kappa shape index (κ2) is 11.5. The third-order valence-electron chi connectivity index (χ3n) is 8.33. The number of anilines is 3. The summed E-state index contributed by atoms with van der Waals surface area (Å²) in [5.74, 6) is 0.210. The number of hydrogen-bond donors (Lipinski definition) is 2. The monoisotopic (exact) mass is 541 g/mol. The predicted molar refractivity (Wildman–Crippen MR) is 167 cm³/mol. The molecule has 41 heavy (non-hydrogen) atoms. The molecular weight excluding hydrogens is 506 g/mol. The highest BCUT2D eigenvalue weighted by Gasteiger charge is 2.36. The average molecular weight is 542 g/mol. The molecule has 1 heterocycles. The number of carbonyl (C=O) groups is 2. The number of rotatable bonds is 7. The largest absolute Gasteiger partial charge is 0.372 e. The SMILES string of the molecule is CCN(CC)c1ccc(C2Nc3ccc(C(=O)c4ccccc4)cc3NC3=C2C(=O)CC(c2ccccc2)C3)cc1. The summed E-state index contributed by atoms with van der Waals surface area (Å²) < 4.78 is 0. The van der Waals surface area contributed by atoms with Gasteiger partial charge < -0.3 is 15.5 Å². The normalized spacial score (nSPS) is 18.0. The first-order valence-electron chi connectivity index (χ1n) is 14.5. The molecule has 2 atom stereocenters. The molecule has 0 spiro atoms. The number of nitrogens with zero attached hydrogens (tertiary/aromatic N) is 1. The molecule has 0 bridgehead atoms. The Hall–Kier alpha value is -4.64. The van der Waals surface area contributed by atoms with Crippen molar-refractivity contribution in [1.29, 1.82) is 0 Å². The third kappa shape index (κ3) is 5.28. The minimum atomic E-state index is -0.301. The topological polar surface area (TPSA) is 61.4 Å². The molecule has 6 rings (SSSR count). The molecule has 0 saturated heterocycles. The van der Waals surface area contributed by atoms with E-state index >= 15 is 0 Å². The lowest BCUT2D eigenvalue weighted by atomic mass is 9.78. The Bertz CT molecular complexity index is 1590. The number of benzene rings is 4. The highest BCUT2D eigenvalue weighted by atomic mass is 16.1. The van der Waals surface area contributed by atoms with E-state index in [1.165, 1.54) is 11.3 Å². The fourth-order valence-corrected chi connectivity index (χ4v) is 6.12. The number of hydrogen-bond acceptors (Lipinski definition) is 5. The Morgan fingerprint density at radius 1 is 0.756 bits per heavy atom. The molecule has 1 aliphatic heterocycles. The lowest BCUT2D eigenvalue weighted by molar-refractivity contribution is -0.116.